The minimum Gasteiger partial charge on any atom is -0.391 e. The topological polar surface area (TPSA) is 154 Å². The van der Waals surface area contributed by atoms with Crippen LogP contribution in [0.4, 0.5) is 0 Å². The normalized spacial score (nSPS) is 14.4. The van der Waals surface area contributed by atoms with Crippen molar-refractivity contribution in [2.75, 3.05) is 0 Å². The van der Waals surface area contributed by atoms with Crippen molar-refractivity contribution < 1.29 is 16.1 Å². The molecule has 26 heavy (non-hydrogen) atoms. The van der Waals surface area contributed by atoms with E-state index in [-0.39, 0.29) is 25.6 Å². The third kappa shape index (κ3) is 6.81. The van der Waals surface area contributed by atoms with Crippen molar-refractivity contribution in [1.29, 1.82) is 5.41 Å². The van der Waals surface area contributed by atoms with E-state index in [1.807, 2.05) is 13.8 Å². The third-order valence-corrected chi connectivity index (χ3v) is 3.89. The maximum atomic E-state index is 12.5. The van der Waals surface area contributed by atoms with Crippen molar-refractivity contribution in [3.05, 3.63) is 35.4 Å². The molecule has 0 radical (unpaired) electrons. The number of rotatable bonds is 9. The first kappa shape index (κ1) is 21.6. The molecular formula is C18H31N5O3. The highest BCUT2D eigenvalue weighted by molar-refractivity contribution is 5.95. The van der Waals surface area contributed by atoms with E-state index < -0.39 is 24.1 Å². The van der Waals surface area contributed by atoms with Gasteiger partial charge in [-0.25, -0.2) is 0 Å². The maximum Gasteiger partial charge on any atom is 0.242 e. The van der Waals surface area contributed by atoms with Crippen molar-refractivity contribution in [3.8, 4) is 0 Å². The molecule has 8 nitrogen and oxygen atoms in total. The second kappa shape index (κ2) is 9.88. The Bertz CT molecular complexity index is 634. The van der Waals surface area contributed by atoms with E-state index >= 15 is 0 Å². The minimum atomic E-state index is -1.09. The average molecular weight is 365 g/mol. The zero-order valence-corrected chi connectivity index (χ0v) is 15.5. The van der Waals surface area contributed by atoms with Crippen molar-refractivity contribution in [1.82, 2.24) is 10.6 Å². The Hall–Kier alpha value is -2.45. The number of hydrogen-bond donors (Lipinski definition) is 6. The van der Waals surface area contributed by atoms with E-state index in [1.165, 1.54) is 6.92 Å². The highest BCUT2D eigenvalue weighted by Crippen LogP contribution is 2.07. The van der Waals surface area contributed by atoms with Crippen LogP contribution in [0.25, 0.3) is 0 Å². The summed E-state index contributed by atoms with van der Waals surface area (Å²) in [6.45, 7) is 5.60. The van der Waals surface area contributed by atoms with Gasteiger partial charge in [-0.15, -0.1) is 0 Å². The summed E-state index contributed by atoms with van der Waals surface area (Å²) in [5.41, 5.74) is 12.5. The third-order valence-electron chi connectivity index (χ3n) is 3.89. The fraction of sp³-hybridized carbons (Fsp3) is 0.500. The Balaban J connectivity index is 0.00000676. The quantitative estimate of drug-likeness (QED) is 0.270. The molecule has 1 aromatic rings. The van der Waals surface area contributed by atoms with Crippen LogP contribution in [-0.4, -0.2) is 40.9 Å². The summed E-state index contributed by atoms with van der Waals surface area (Å²) in [5, 5.41) is 22.2. The van der Waals surface area contributed by atoms with Crippen molar-refractivity contribution in [3.63, 3.8) is 0 Å². The molecule has 0 aromatic heterocycles. The number of nitrogens with two attached hydrogens (primary N) is 2. The van der Waals surface area contributed by atoms with E-state index in [0.29, 0.717) is 12.0 Å². The Kier molecular flexibility index (Phi) is 8.21. The molecule has 0 saturated carbocycles. The fourth-order valence-corrected chi connectivity index (χ4v) is 2.30. The van der Waals surface area contributed by atoms with Gasteiger partial charge >= 0.3 is 0 Å². The standard InChI is InChI=1S/C18H29N5O3.H2/c1-10(2)8-14(23-18(26)15(19)11(3)24)17(25)22-9-12-4-6-13(7-5-12)16(20)21;/h4-7,10-11,14-15,24H,8-9,19H2,1-3H3,(H3,20,21)(H,22,25)(H,23,26);1H/t11?,14?,15-;/m1./s1. The number of carbonyl (C=O) groups excluding carboxylic acids is 2. The SMILES string of the molecule is CC(C)CC(NC(=O)[C@H](N)C(C)O)C(=O)NCc1ccc(C(=N)N)cc1.[HH]. The first-order chi connectivity index (χ1) is 12.1. The monoisotopic (exact) mass is 365 g/mol. The molecule has 2 unspecified atom stereocenters. The van der Waals surface area contributed by atoms with Gasteiger partial charge in [-0.3, -0.25) is 15.0 Å². The zero-order chi connectivity index (χ0) is 19.9. The molecular weight excluding hydrogens is 334 g/mol. The van der Waals surface area contributed by atoms with Crippen LogP contribution >= 0.6 is 0 Å². The number of amidine groups is 1. The summed E-state index contributed by atoms with van der Waals surface area (Å²) >= 11 is 0. The number of nitrogen functional groups attached to an aromatic ring is 1. The average Bonchev–Trinajstić information content (AvgIpc) is 2.58. The molecule has 3 atom stereocenters. The van der Waals surface area contributed by atoms with E-state index in [0.717, 1.165) is 5.56 Å². The van der Waals surface area contributed by atoms with Gasteiger partial charge in [0.1, 0.15) is 17.9 Å². The van der Waals surface area contributed by atoms with Crippen LogP contribution in [0.2, 0.25) is 0 Å². The van der Waals surface area contributed by atoms with Crippen LogP contribution in [0, 0.1) is 11.3 Å². The predicted molar refractivity (Wildman–Crippen MR) is 102 cm³/mol. The van der Waals surface area contributed by atoms with Gasteiger partial charge in [-0.1, -0.05) is 38.1 Å². The van der Waals surface area contributed by atoms with Crippen LogP contribution < -0.4 is 22.1 Å². The molecule has 0 aliphatic carbocycles. The molecule has 2 amide bonds. The molecule has 1 aromatic carbocycles. The van der Waals surface area contributed by atoms with E-state index in [2.05, 4.69) is 10.6 Å². The largest absolute Gasteiger partial charge is 0.391 e. The van der Waals surface area contributed by atoms with E-state index in [1.54, 1.807) is 24.3 Å². The molecule has 0 saturated heterocycles. The summed E-state index contributed by atoms with van der Waals surface area (Å²) < 4.78 is 0. The molecule has 8 N–H and O–H groups in total. The second-order valence-corrected chi connectivity index (χ2v) is 6.79. The lowest BCUT2D eigenvalue weighted by atomic mass is 10.0. The second-order valence-electron chi connectivity index (χ2n) is 6.79. The minimum absolute atomic E-state index is 0. The summed E-state index contributed by atoms with van der Waals surface area (Å²) in [5.74, 6) is -0.717. The van der Waals surface area contributed by atoms with Crippen LogP contribution in [0.15, 0.2) is 24.3 Å². The predicted octanol–water partition coefficient (Wildman–Crippen LogP) is 0.0719. The highest BCUT2D eigenvalue weighted by Gasteiger charge is 2.26. The maximum absolute atomic E-state index is 12.5. The highest BCUT2D eigenvalue weighted by atomic mass is 16.3. The summed E-state index contributed by atoms with van der Waals surface area (Å²) in [4.78, 5) is 24.5. The zero-order valence-electron chi connectivity index (χ0n) is 15.5. The van der Waals surface area contributed by atoms with Crippen LogP contribution in [0.5, 0.6) is 0 Å². The summed E-state index contributed by atoms with van der Waals surface area (Å²) in [6, 6.07) is 5.14. The van der Waals surface area contributed by atoms with E-state index in [4.69, 9.17) is 16.9 Å². The number of nitrogens with one attached hydrogen (secondary N) is 3. The molecule has 0 aliphatic rings. The van der Waals surface area contributed by atoms with Crippen molar-refractivity contribution in [2.24, 2.45) is 17.4 Å². The number of hydrogen-bond acceptors (Lipinski definition) is 5. The molecule has 0 fully saturated rings. The van der Waals surface area contributed by atoms with Crippen molar-refractivity contribution >= 4 is 17.6 Å². The van der Waals surface area contributed by atoms with Crippen LogP contribution in [0.1, 0.15) is 39.7 Å². The molecule has 1 rings (SSSR count). The smallest absolute Gasteiger partial charge is 0.242 e. The Morgan fingerprint density at radius 3 is 2.23 bits per heavy atom. The first-order valence-corrected chi connectivity index (χ1v) is 8.56. The Morgan fingerprint density at radius 1 is 1.19 bits per heavy atom. The molecule has 0 bridgehead atoms. The van der Waals surface area contributed by atoms with Crippen LogP contribution in [-0.2, 0) is 16.1 Å². The van der Waals surface area contributed by atoms with Crippen molar-refractivity contribution in [2.45, 2.75) is 51.9 Å². The molecule has 0 heterocycles. The van der Waals surface area contributed by atoms with Gasteiger partial charge in [0.05, 0.1) is 6.10 Å². The lowest BCUT2D eigenvalue weighted by Crippen LogP contribution is -2.54. The number of carbonyl (C=O) groups is 2. The molecule has 8 heteroatoms. The fourth-order valence-electron chi connectivity index (χ4n) is 2.30. The van der Waals surface area contributed by atoms with Gasteiger partial charge in [-0.05, 0) is 24.8 Å². The van der Waals surface area contributed by atoms with Gasteiger partial charge in [-0.2, -0.15) is 0 Å². The summed E-state index contributed by atoms with van der Waals surface area (Å²) in [6.07, 6.45) is -0.551. The van der Waals surface area contributed by atoms with Gasteiger partial charge in [0.2, 0.25) is 11.8 Å². The van der Waals surface area contributed by atoms with Gasteiger partial charge in [0, 0.05) is 13.5 Å². The number of aliphatic hydroxyl groups is 1. The molecule has 146 valence electrons. The molecule has 0 spiro atoms. The number of aliphatic hydroxyl groups excluding tert-OH is 1. The first-order valence-electron chi connectivity index (χ1n) is 8.56. The van der Waals surface area contributed by atoms with Gasteiger partial charge < -0.3 is 27.2 Å². The van der Waals surface area contributed by atoms with Gasteiger partial charge in [0.25, 0.3) is 0 Å². The van der Waals surface area contributed by atoms with E-state index in [9.17, 15) is 14.7 Å². The Labute approximate surface area is 155 Å². The summed E-state index contributed by atoms with van der Waals surface area (Å²) in [7, 11) is 0. The number of benzene rings is 1. The number of amides is 2. The lowest BCUT2D eigenvalue weighted by molar-refractivity contribution is -0.131. The molecule has 0 aliphatic heterocycles. The lowest BCUT2D eigenvalue weighted by Gasteiger charge is -2.23. The van der Waals surface area contributed by atoms with Gasteiger partial charge in [0.15, 0.2) is 0 Å². The van der Waals surface area contributed by atoms with Crippen LogP contribution in [0.3, 0.4) is 0 Å². The Morgan fingerprint density at radius 2 is 1.77 bits per heavy atom.